The number of nitrogen functional groups attached to an aromatic ring is 1. The van der Waals surface area contributed by atoms with Crippen LogP contribution in [-0.2, 0) is 6.54 Å². The summed E-state index contributed by atoms with van der Waals surface area (Å²) in [5.74, 6) is 0.164. The smallest absolute Gasteiger partial charge is 0.266 e. The van der Waals surface area contributed by atoms with Gasteiger partial charge in [0.1, 0.15) is 5.75 Å². The quantitative estimate of drug-likeness (QED) is 0.591. The predicted octanol–water partition coefficient (Wildman–Crippen LogP) is 3.83. The van der Waals surface area contributed by atoms with Crippen molar-refractivity contribution in [2.75, 3.05) is 18.2 Å². The molecule has 0 bridgehead atoms. The molecule has 0 saturated carbocycles. The number of benzene rings is 2. The van der Waals surface area contributed by atoms with Gasteiger partial charge in [-0.2, -0.15) is 0 Å². The van der Waals surface area contributed by atoms with Gasteiger partial charge < -0.3 is 21.1 Å². The molecule has 2 amide bonds. The molecule has 0 spiro atoms. The van der Waals surface area contributed by atoms with Crippen LogP contribution in [0, 0.1) is 6.92 Å². The molecule has 1 heterocycles. The van der Waals surface area contributed by atoms with Crippen molar-refractivity contribution in [3.8, 4) is 5.75 Å². The fourth-order valence-corrected chi connectivity index (χ4v) is 3.72. The second-order valence-electron chi connectivity index (χ2n) is 6.15. The third-order valence-electron chi connectivity index (χ3n) is 4.25. The highest BCUT2D eigenvalue weighted by Gasteiger charge is 2.23. The van der Waals surface area contributed by atoms with Gasteiger partial charge in [-0.05, 0) is 42.3 Å². The minimum atomic E-state index is -0.305. The second kappa shape index (κ2) is 8.58. The Morgan fingerprint density at radius 3 is 2.36 bits per heavy atom. The highest BCUT2D eigenvalue weighted by molar-refractivity contribution is 7.18. The maximum Gasteiger partial charge on any atom is 0.266 e. The first-order valence-electron chi connectivity index (χ1n) is 8.66. The number of methoxy groups -OCH3 is 1. The van der Waals surface area contributed by atoms with Gasteiger partial charge in [-0.1, -0.05) is 30.3 Å². The first-order chi connectivity index (χ1) is 13.5. The van der Waals surface area contributed by atoms with E-state index in [-0.39, 0.29) is 11.8 Å². The van der Waals surface area contributed by atoms with Crippen molar-refractivity contribution >= 4 is 33.8 Å². The lowest BCUT2D eigenvalue weighted by Crippen LogP contribution is -2.24. The summed E-state index contributed by atoms with van der Waals surface area (Å²) in [5, 5.41) is 5.99. The molecule has 0 saturated heterocycles. The summed E-state index contributed by atoms with van der Waals surface area (Å²) in [6.45, 7) is 2.08. The highest BCUT2D eigenvalue weighted by atomic mass is 32.1. The molecule has 6 nitrogen and oxygen atoms in total. The molecule has 3 rings (SSSR count). The number of amides is 2. The number of anilines is 2. The Kier molecular flexibility index (Phi) is 5.96. The van der Waals surface area contributed by atoms with Gasteiger partial charge in [-0.3, -0.25) is 9.59 Å². The minimum Gasteiger partial charge on any atom is -0.497 e. The van der Waals surface area contributed by atoms with Crippen LogP contribution >= 0.6 is 11.3 Å². The van der Waals surface area contributed by atoms with Gasteiger partial charge in [-0.25, -0.2) is 0 Å². The molecule has 3 aromatic rings. The molecule has 144 valence electrons. The first-order valence-corrected chi connectivity index (χ1v) is 9.47. The molecule has 0 unspecified atom stereocenters. The van der Waals surface area contributed by atoms with Gasteiger partial charge in [-0.15, -0.1) is 11.3 Å². The van der Waals surface area contributed by atoms with Crippen LogP contribution in [0.2, 0.25) is 0 Å². The zero-order valence-electron chi connectivity index (χ0n) is 15.6. The summed E-state index contributed by atoms with van der Waals surface area (Å²) in [7, 11) is 1.60. The zero-order chi connectivity index (χ0) is 20.1. The molecule has 0 aliphatic rings. The Balaban J connectivity index is 1.71. The number of hydrogen-bond acceptors (Lipinski definition) is 5. The second-order valence-corrected chi connectivity index (χ2v) is 7.20. The number of nitrogens with one attached hydrogen (secondary N) is 2. The van der Waals surface area contributed by atoms with Crippen LogP contribution in [0.25, 0.3) is 0 Å². The summed E-state index contributed by atoms with van der Waals surface area (Å²) in [6, 6.07) is 16.6. The van der Waals surface area contributed by atoms with Gasteiger partial charge >= 0.3 is 0 Å². The van der Waals surface area contributed by atoms with Gasteiger partial charge in [0.25, 0.3) is 11.8 Å². The average Bonchev–Trinajstić information content (AvgIpc) is 3.01. The van der Waals surface area contributed by atoms with Crippen molar-refractivity contribution < 1.29 is 14.3 Å². The van der Waals surface area contributed by atoms with Crippen molar-refractivity contribution in [1.29, 1.82) is 0 Å². The van der Waals surface area contributed by atoms with Crippen LogP contribution < -0.4 is 21.1 Å². The molecule has 28 heavy (non-hydrogen) atoms. The lowest BCUT2D eigenvalue weighted by atomic mass is 10.1. The van der Waals surface area contributed by atoms with Gasteiger partial charge in [0.2, 0.25) is 0 Å². The van der Waals surface area contributed by atoms with Crippen LogP contribution in [0.4, 0.5) is 10.7 Å². The van der Waals surface area contributed by atoms with Gasteiger partial charge in [0, 0.05) is 12.2 Å². The van der Waals surface area contributed by atoms with E-state index in [0.717, 1.165) is 22.6 Å². The summed E-state index contributed by atoms with van der Waals surface area (Å²) >= 11 is 1.11. The van der Waals surface area contributed by atoms with E-state index in [9.17, 15) is 9.59 Å². The Hall–Kier alpha value is -3.32. The van der Waals surface area contributed by atoms with E-state index in [4.69, 9.17) is 10.5 Å². The number of hydrogen-bond donors (Lipinski definition) is 3. The lowest BCUT2D eigenvalue weighted by molar-refractivity contribution is 0.0951. The zero-order valence-corrected chi connectivity index (χ0v) is 16.4. The van der Waals surface area contributed by atoms with Crippen molar-refractivity contribution in [3.63, 3.8) is 0 Å². The van der Waals surface area contributed by atoms with Crippen LogP contribution in [0.3, 0.4) is 0 Å². The number of ether oxygens (including phenoxy) is 1. The Morgan fingerprint density at radius 2 is 1.71 bits per heavy atom. The molecular weight excluding hydrogens is 374 g/mol. The third-order valence-corrected chi connectivity index (χ3v) is 5.37. The summed E-state index contributed by atoms with van der Waals surface area (Å²) in [4.78, 5) is 25.6. The van der Waals surface area contributed by atoms with E-state index >= 15 is 0 Å². The highest BCUT2D eigenvalue weighted by Crippen LogP contribution is 2.31. The first kappa shape index (κ1) is 19.4. The molecule has 0 aliphatic heterocycles. The number of para-hydroxylation sites is 1. The van der Waals surface area contributed by atoms with Crippen LogP contribution in [0.5, 0.6) is 5.75 Å². The number of carbonyl (C=O) groups is 2. The van der Waals surface area contributed by atoms with Crippen LogP contribution in [-0.4, -0.2) is 18.9 Å². The van der Waals surface area contributed by atoms with E-state index in [2.05, 4.69) is 10.6 Å². The molecule has 4 N–H and O–H groups in total. The summed E-state index contributed by atoms with van der Waals surface area (Å²) in [6.07, 6.45) is 0. The maximum absolute atomic E-state index is 12.6. The summed E-state index contributed by atoms with van der Waals surface area (Å²) in [5.41, 5.74) is 8.58. The van der Waals surface area contributed by atoms with Crippen LogP contribution in [0.15, 0.2) is 54.6 Å². The van der Waals surface area contributed by atoms with Crippen molar-refractivity contribution in [2.45, 2.75) is 13.5 Å². The SMILES string of the molecule is COc1ccc(CNC(=O)c2c(N)sc(C(=O)Nc3ccccc3)c2C)cc1. The number of nitrogens with two attached hydrogens (primary N) is 1. The van der Waals surface area contributed by atoms with E-state index < -0.39 is 0 Å². The largest absolute Gasteiger partial charge is 0.497 e. The topological polar surface area (TPSA) is 93.4 Å². The molecule has 0 radical (unpaired) electrons. The molecule has 2 aromatic carbocycles. The van der Waals surface area contributed by atoms with E-state index in [1.54, 1.807) is 26.2 Å². The Bertz CT molecular complexity index is 982. The van der Waals surface area contributed by atoms with Gasteiger partial charge in [0.15, 0.2) is 0 Å². The molecule has 0 atom stereocenters. The Morgan fingerprint density at radius 1 is 1.04 bits per heavy atom. The van der Waals surface area contributed by atoms with E-state index in [1.807, 2.05) is 42.5 Å². The molecule has 0 fully saturated rings. The lowest BCUT2D eigenvalue weighted by Gasteiger charge is -2.08. The molecule has 0 aliphatic carbocycles. The fourth-order valence-electron chi connectivity index (χ4n) is 2.76. The van der Waals surface area contributed by atoms with Gasteiger partial charge in [0.05, 0.1) is 22.6 Å². The van der Waals surface area contributed by atoms with Crippen molar-refractivity contribution in [1.82, 2.24) is 5.32 Å². The molecule has 7 heteroatoms. The number of rotatable bonds is 6. The standard InChI is InChI=1S/C21H21N3O3S/c1-13-17(20(25)23-12-14-8-10-16(27-2)11-9-14)19(22)28-18(13)21(26)24-15-6-4-3-5-7-15/h3-11H,12,22H2,1-2H3,(H,23,25)(H,24,26). The monoisotopic (exact) mass is 395 g/mol. The molecular formula is C21H21N3O3S. The molecule has 1 aromatic heterocycles. The van der Waals surface area contributed by atoms with E-state index in [1.165, 1.54) is 0 Å². The average molecular weight is 395 g/mol. The third kappa shape index (κ3) is 4.32. The van der Waals surface area contributed by atoms with Crippen molar-refractivity contribution in [3.05, 3.63) is 76.2 Å². The fraction of sp³-hybridized carbons (Fsp3) is 0.143. The number of carbonyl (C=O) groups excluding carboxylic acids is 2. The minimum absolute atomic E-state index is 0.283. The van der Waals surface area contributed by atoms with Crippen LogP contribution in [0.1, 0.15) is 31.2 Å². The normalized spacial score (nSPS) is 10.4. The summed E-state index contributed by atoms with van der Waals surface area (Å²) < 4.78 is 5.12. The predicted molar refractivity (Wildman–Crippen MR) is 112 cm³/mol. The Labute approximate surface area is 167 Å². The number of thiophene rings is 1. The van der Waals surface area contributed by atoms with Crippen molar-refractivity contribution in [2.24, 2.45) is 0 Å². The van der Waals surface area contributed by atoms with E-state index in [0.29, 0.717) is 33.2 Å². The maximum atomic E-state index is 12.6.